The zero-order valence-corrected chi connectivity index (χ0v) is 8.71. The number of benzene rings is 1. The first-order valence-electron chi connectivity index (χ1n) is 3.68. The second kappa shape index (κ2) is 4.07. The summed E-state index contributed by atoms with van der Waals surface area (Å²) in [5.41, 5.74) is 7.00. The molecule has 1 atom stereocenters. The van der Waals surface area contributed by atoms with Crippen LogP contribution >= 0.6 is 22.6 Å². The third-order valence-electron chi connectivity index (χ3n) is 1.45. The molecule has 0 amide bonds. The highest BCUT2D eigenvalue weighted by atomic mass is 127. The molecular formula is C9H12IN. The number of hydrogen-bond donors (Lipinski definition) is 1. The third kappa shape index (κ3) is 3.20. The molecule has 11 heavy (non-hydrogen) atoms. The highest BCUT2D eigenvalue weighted by molar-refractivity contribution is 14.1. The largest absolute Gasteiger partial charge is 0.328 e. The summed E-state index contributed by atoms with van der Waals surface area (Å²) in [6.45, 7) is 2.03. The SMILES string of the molecule is C[C@H](N)Cc1cccc(I)c1. The minimum Gasteiger partial charge on any atom is -0.328 e. The molecule has 0 radical (unpaired) electrons. The maximum atomic E-state index is 5.67. The van der Waals surface area contributed by atoms with Gasteiger partial charge in [0.2, 0.25) is 0 Å². The summed E-state index contributed by atoms with van der Waals surface area (Å²) < 4.78 is 1.28. The van der Waals surface area contributed by atoms with E-state index in [0.717, 1.165) is 6.42 Å². The van der Waals surface area contributed by atoms with Gasteiger partial charge in [-0.05, 0) is 53.6 Å². The minimum absolute atomic E-state index is 0.258. The number of nitrogens with two attached hydrogens (primary N) is 1. The van der Waals surface area contributed by atoms with Gasteiger partial charge in [0.25, 0.3) is 0 Å². The van der Waals surface area contributed by atoms with Crippen molar-refractivity contribution in [1.29, 1.82) is 0 Å². The molecule has 2 heteroatoms. The fourth-order valence-corrected chi connectivity index (χ4v) is 1.64. The molecule has 0 saturated heterocycles. The van der Waals surface area contributed by atoms with Gasteiger partial charge in [0.15, 0.2) is 0 Å². The lowest BCUT2D eigenvalue weighted by Gasteiger charge is -2.04. The number of hydrogen-bond acceptors (Lipinski definition) is 1. The van der Waals surface area contributed by atoms with Gasteiger partial charge in [0.1, 0.15) is 0 Å². The van der Waals surface area contributed by atoms with Crippen molar-refractivity contribution in [3.05, 3.63) is 33.4 Å². The Bertz CT molecular complexity index is 233. The first-order chi connectivity index (χ1) is 5.18. The standard InChI is InChI=1S/C9H12IN/c1-7(11)5-8-3-2-4-9(10)6-8/h2-4,6-7H,5,11H2,1H3/t7-/m0/s1. The summed E-state index contributed by atoms with van der Waals surface area (Å²) in [6, 6.07) is 8.70. The van der Waals surface area contributed by atoms with Crippen molar-refractivity contribution in [2.24, 2.45) is 5.73 Å². The van der Waals surface area contributed by atoms with Gasteiger partial charge in [0, 0.05) is 9.61 Å². The summed E-state index contributed by atoms with van der Waals surface area (Å²) >= 11 is 2.31. The van der Waals surface area contributed by atoms with E-state index >= 15 is 0 Å². The van der Waals surface area contributed by atoms with Crippen LogP contribution in [0, 0.1) is 3.57 Å². The predicted octanol–water partition coefficient (Wildman–Crippen LogP) is 2.18. The average molecular weight is 261 g/mol. The molecular weight excluding hydrogens is 249 g/mol. The van der Waals surface area contributed by atoms with Gasteiger partial charge >= 0.3 is 0 Å². The van der Waals surface area contributed by atoms with Crippen molar-refractivity contribution in [3.63, 3.8) is 0 Å². The maximum absolute atomic E-state index is 5.67. The van der Waals surface area contributed by atoms with Crippen LogP contribution < -0.4 is 5.73 Å². The molecule has 1 rings (SSSR count). The van der Waals surface area contributed by atoms with Crippen LogP contribution in [0.1, 0.15) is 12.5 Å². The maximum Gasteiger partial charge on any atom is 0.0133 e. The van der Waals surface area contributed by atoms with Crippen molar-refractivity contribution in [1.82, 2.24) is 0 Å². The highest BCUT2D eigenvalue weighted by Crippen LogP contribution is 2.08. The van der Waals surface area contributed by atoms with E-state index in [1.54, 1.807) is 0 Å². The first kappa shape index (κ1) is 9.00. The van der Waals surface area contributed by atoms with Gasteiger partial charge in [-0.3, -0.25) is 0 Å². The van der Waals surface area contributed by atoms with Crippen LogP contribution in [0.2, 0.25) is 0 Å². The van der Waals surface area contributed by atoms with Crippen LogP contribution in [-0.2, 0) is 6.42 Å². The Kier molecular flexibility index (Phi) is 3.33. The Morgan fingerprint density at radius 2 is 2.27 bits per heavy atom. The van der Waals surface area contributed by atoms with E-state index in [1.165, 1.54) is 9.13 Å². The van der Waals surface area contributed by atoms with E-state index in [2.05, 4.69) is 46.9 Å². The van der Waals surface area contributed by atoms with Crippen molar-refractivity contribution < 1.29 is 0 Å². The van der Waals surface area contributed by atoms with Gasteiger partial charge in [-0.25, -0.2) is 0 Å². The molecule has 0 aliphatic heterocycles. The molecule has 1 aromatic carbocycles. The van der Waals surface area contributed by atoms with E-state index in [4.69, 9.17) is 5.73 Å². The molecule has 60 valence electrons. The molecule has 1 nitrogen and oxygen atoms in total. The van der Waals surface area contributed by atoms with E-state index in [1.807, 2.05) is 6.92 Å². The quantitative estimate of drug-likeness (QED) is 0.811. The van der Waals surface area contributed by atoms with E-state index in [0.29, 0.717) is 0 Å². The molecule has 0 aliphatic carbocycles. The Labute approximate surface area is 81.1 Å². The lowest BCUT2D eigenvalue weighted by molar-refractivity contribution is 0.738. The van der Waals surface area contributed by atoms with Crippen LogP contribution in [0.4, 0.5) is 0 Å². The molecule has 0 aliphatic rings. The van der Waals surface area contributed by atoms with Crippen LogP contribution in [-0.4, -0.2) is 6.04 Å². The van der Waals surface area contributed by atoms with Crippen LogP contribution in [0.15, 0.2) is 24.3 Å². The predicted molar refractivity (Wildman–Crippen MR) is 56.5 cm³/mol. The zero-order valence-electron chi connectivity index (χ0n) is 6.55. The molecule has 0 spiro atoms. The monoisotopic (exact) mass is 261 g/mol. The molecule has 0 bridgehead atoms. The van der Waals surface area contributed by atoms with Crippen LogP contribution in [0.3, 0.4) is 0 Å². The summed E-state index contributed by atoms with van der Waals surface area (Å²) in [5.74, 6) is 0. The topological polar surface area (TPSA) is 26.0 Å². The highest BCUT2D eigenvalue weighted by Gasteiger charge is 1.96. The van der Waals surface area contributed by atoms with Crippen molar-refractivity contribution in [2.45, 2.75) is 19.4 Å². The summed E-state index contributed by atoms with van der Waals surface area (Å²) in [4.78, 5) is 0. The van der Waals surface area contributed by atoms with Gasteiger partial charge < -0.3 is 5.73 Å². The minimum atomic E-state index is 0.258. The van der Waals surface area contributed by atoms with Crippen molar-refractivity contribution >= 4 is 22.6 Å². The first-order valence-corrected chi connectivity index (χ1v) is 4.76. The zero-order chi connectivity index (χ0) is 8.27. The van der Waals surface area contributed by atoms with Gasteiger partial charge in [-0.15, -0.1) is 0 Å². The summed E-state index contributed by atoms with van der Waals surface area (Å²) in [5, 5.41) is 0. The Balaban J connectivity index is 2.71. The Hall–Kier alpha value is -0.0900. The molecule has 0 heterocycles. The number of halogens is 1. The van der Waals surface area contributed by atoms with Crippen molar-refractivity contribution in [2.75, 3.05) is 0 Å². The van der Waals surface area contributed by atoms with Gasteiger partial charge in [0.05, 0.1) is 0 Å². The van der Waals surface area contributed by atoms with Crippen LogP contribution in [0.25, 0.3) is 0 Å². The third-order valence-corrected chi connectivity index (χ3v) is 2.12. The number of rotatable bonds is 2. The van der Waals surface area contributed by atoms with E-state index < -0.39 is 0 Å². The fraction of sp³-hybridized carbons (Fsp3) is 0.333. The summed E-state index contributed by atoms with van der Waals surface area (Å²) in [7, 11) is 0. The normalized spacial score (nSPS) is 13.0. The van der Waals surface area contributed by atoms with E-state index in [9.17, 15) is 0 Å². The molecule has 0 fully saturated rings. The van der Waals surface area contributed by atoms with Gasteiger partial charge in [-0.2, -0.15) is 0 Å². The molecule has 1 aromatic rings. The lowest BCUT2D eigenvalue weighted by Crippen LogP contribution is -2.17. The Morgan fingerprint density at radius 1 is 1.55 bits per heavy atom. The van der Waals surface area contributed by atoms with E-state index in [-0.39, 0.29) is 6.04 Å². The molecule has 2 N–H and O–H groups in total. The smallest absolute Gasteiger partial charge is 0.0133 e. The van der Waals surface area contributed by atoms with Gasteiger partial charge in [-0.1, -0.05) is 12.1 Å². The second-order valence-corrected chi connectivity index (χ2v) is 4.06. The average Bonchev–Trinajstić information content (AvgIpc) is 1.85. The van der Waals surface area contributed by atoms with Crippen LogP contribution in [0.5, 0.6) is 0 Å². The second-order valence-electron chi connectivity index (χ2n) is 2.81. The summed E-state index contributed by atoms with van der Waals surface area (Å²) in [6.07, 6.45) is 0.969. The fourth-order valence-electron chi connectivity index (χ4n) is 1.04. The Morgan fingerprint density at radius 3 is 2.82 bits per heavy atom. The molecule has 0 saturated carbocycles. The van der Waals surface area contributed by atoms with Crippen molar-refractivity contribution in [3.8, 4) is 0 Å². The molecule has 0 aromatic heterocycles. The molecule has 0 unspecified atom stereocenters. The lowest BCUT2D eigenvalue weighted by atomic mass is 10.1.